The van der Waals surface area contributed by atoms with Crippen LogP contribution in [0.5, 0.6) is 0 Å². The van der Waals surface area contributed by atoms with E-state index in [-0.39, 0.29) is 12.4 Å². The van der Waals surface area contributed by atoms with Gasteiger partial charge in [0.15, 0.2) is 0 Å². The monoisotopic (exact) mass is 309 g/mol. The van der Waals surface area contributed by atoms with Gasteiger partial charge in [-0.3, -0.25) is 9.59 Å². The Labute approximate surface area is 125 Å². The molecule has 0 aromatic heterocycles. The standard InChI is InChI=1S/C12H25NO5.CH2O2/c1-2-15-6-7-17-10-11-18-9-8-16-5-3-4-12(13)14;2-1-3/h2-11H2,1H3,(H2,13,14);1H,(H,2,3). The highest BCUT2D eigenvalue weighted by atomic mass is 16.6. The summed E-state index contributed by atoms with van der Waals surface area (Å²) in [5, 5.41) is 6.89. The Morgan fingerprint density at radius 3 is 1.71 bits per heavy atom. The largest absolute Gasteiger partial charge is 0.483 e. The second-order valence-corrected chi connectivity index (χ2v) is 3.71. The zero-order valence-corrected chi connectivity index (χ0v) is 12.6. The smallest absolute Gasteiger partial charge is 0.290 e. The third-order valence-electron chi connectivity index (χ3n) is 2.03. The first-order valence-electron chi connectivity index (χ1n) is 6.86. The highest BCUT2D eigenvalue weighted by Gasteiger charge is 1.95. The summed E-state index contributed by atoms with van der Waals surface area (Å²) in [6.07, 6.45) is 1.03. The van der Waals surface area contributed by atoms with E-state index in [9.17, 15) is 4.79 Å². The predicted octanol–water partition coefficient (Wildman–Crippen LogP) is 0.0390. The summed E-state index contributed by atoms with van der Waals surface area (Å²) in [5.41, 5.74) is 4.99. The molecule has 8 nitrogen and oxygen atoms in total. The average molecular weight is 309 g/mol. The molecule has 0 fully saturated rings. The molecule has 0 unspecified atom stereocenters. The second kappa shape index (κ2) is 21.1. The highest BCUT2D eigenvalue weighted by molar-refractivity contribution is 5.73. The third-order valence-corrected chi connectivity index (χ3v) is 2.03. The summed E-state index contributed by atoms with van der Waals surface area (Å²) in [7, 11) is 0. The van der Waals surface area contributed by atoms with Crippen LogP contribution in [0.3, 0.4) is 0 Å². The molecular formula is C13H27NO7. The van der Waals surface area contributed by atoms with Gasteiger partial charge in [0, 0.05) is 19.6 Å². The van der Waals surface area contributed by atoms with Crippen molar-refractivity contribution in [2.24, 2.45) is 5.73 Å². The van der Waals surface area contributed by atoms with E-state index >= 15 is 0 Å². The number of nitrogens with two attached hydrogens (primary N) is 1. The lowest BCUT2D eigenvalue weighted by Crippen LogP contribution is -2.13. The van der Waals surface area contributed by atoms with Gasteiger partial charge < -0.3 is 29.8 Å². The van der Waals surface area contributed by atoms with Crippen LogP contribution in [0, 0.1) is 0 Å². The Hall–Kier alpha value is -1.22. The predicted molar refractivity (Wildman–Crippen MR) is 76.1 cm³/mol. The molecule has 0 bridgehead atoms. The normalized spacial score (nSPS) is 9.76. The van der Waals surface area contributed by atoms with Gasteiger partial charge in [0.1, 0.15) is 0 Å². The molecule has 0 rings (SSSR count). The summed E-state index contributed by atoms with van der Waals surface area (Å²) >= 11 is 0. The molecule has 126 valence electrons. The quantitative estimate of drug-likeness (QED) is 0.343. The first-order chi connectivity index (χ1) is 10.2. The van der Waals surface area contributed by atoms with Crippen LogP contribution < -0.4 is 5.73 Å². The number of hydrogen-bond acceptors (Lipinski definition) is 6. The Morgan fingerprint density at radius 2 is 1.33 bits per heavy atom. The number of carbonyl (C=O) groups is 2. The van der Waals surface area contributed by atoms with Gasteiger partial charge in [-0.15, -0.1) is 0 Å². The fourth-order valence-electron chi connectivity index (χ4n) is 1.15. The van der Waals surface area contributed by atoms with E-state index in [1.165, 1.54) is 0 Å². The fourth-order valence-corrected chi connectivity index (χ4v) is 1.15. The molecule has 0 saturated carbocycles. The lowest BCUT2D eigenvalue weighted by Gasteiger charge is -2.06. The lowest BCUT2D eigenvalue weighted by molar-refractivity contribution is -0.123. The van der Waals surface area contributed by atoms with E-state index in [2.05, 4.69) is 0 Å². The number of carboxylic acid groups (broad SMARTS) is 1. The van der Waals surface area contributed by atoms with E-state index in [1.807, 2.05) is 6.92 Å². The summed E-state index contributed by atoms with van der Waals surface area (Å²) in [6.45, 7) is 6.35. The van der Waals surface area contributed by atoms with E-state index in [4.69, 9.17) is 34.6 Å². The number of ether oxygens (including phenoxy) is 4. The van der Waals surface area contributed by atoms with Crippen molar-refractivity contribution in [1.29, 1.82) is 0 Å². The van der Waals surface area contributed by atoms with E-state index in [1.54, 1.807) is 0 Å². The zero-order valence-electron chi connectivity index (χ0n) is 12.6. The highest BCUT2D eigenvalue weighted by Crippen LogP contribution is 1.89. The maximum Gasteiger partial charge on any atom is 0.290 e. The topological polar surface area (TPSA) is 117 Å². The van der Waals surface area contributed by atoms with Crippen molar-refractivity contribution in [2.45, 2.75) is 19.8 Å². The molecular weight excluding hydrogens is 282 g/mol. The van der Waals surface area contributed by atoms with Gasteiger partial charge in [0.25, 0.3) is 6.47 Å². The van der Waals surface area contributed by atoms with Crippen LogP contribution in [0.25, 0.3) is 0 Å². The molecule has 8 heteroatoms. The van der Waals surface area contributed by atoms with Gasteiger partial charge in [-0.1, -0.05) is 0 Å². The molecule has 0 aromatic carbocycles. The van der Waals surface area contributed by atoms with Gasteiger partial charge in [-0.05, 0) is 13.3 Å². The molecule has 3 N–H and O–H groups in total. The third kappa shape index (κ3) is 27.8. The number of hydrogen-bond donors (Lipinski definition) is 2. The maximum absolute atomic E-state index is 10.4. The Balaban J connectivity index is 0. The minimum Gasteiger partial charge on any atom is -0.483 e. The van der Waals surface area contributed by atoms with Crippen molar-refractivity contribution < 1.29 is 33.6 Å². The molecule has 0 aromatic rings. The van der Waals surface area contributed by atoms with Crippen LogP contribution in [0.15, 0.2) is 0 Å². The molecule has 0 aliphatic rings. The van der Waals surface area contributed by atoms with Crippen molar-refractivity contribution in [1.82, 2.24) is 0 Å². The lowest BCUT2D eigenvalue weighted by atomic mass is 10.3. The molecule has 0 spiro atoms. The van der Waals surface area contributed by atoms with E-state index in [0.717, 1.165) is 0 Å². The van der Waals surface area contributed by atoms with Gasteiger partial charge in [0.05, 0.1) is 39.6 Å². The molecule has 0 aliphatic carbocycles. The van der Waals surface area contributed by atoms with Crippen LogP contribution >= 0.6 is 0 Å². The van der Waals surface area contributed by atoms with Crippen LogP contribution in [0.1, 0.15) is 19.8 Å². The van der Waals surface area contributed by atoms with E-state index < -0.39 is 0 Å². The molecule has 0 atom stereocenters. The van der Waals surface area contributed by atoms with Gasteiger partial charge in [-0.25, -0.2) is 0 Å². The number of amides is 1. The Kier molecular flexibility index (Phi) is 22.2. The summed E-state index contributed by atoms with van der Waals surface area (Å²) in [5.74, 6) is -0.293. The van der Waals surface area contributed by atoms with Crippen molar-refractivity contribution in [3.8, 4) is 0 Å². The second-order valence-electron chi connectivity index (χ2n) is 3.71. The van der Waals surface area contributed by atoms with Crippen molar-refractivity contribution >= 4 is 12.4 Å². The average Bonchev–Trinajstić information content (AvgIpc) is 2.44. The van der Waals surface area contributed by atoms with Crippen molar-refractivity contribution in [2.75, 3.05) is 52.9 Å². The van der Waals surface area contributed by atoms with E-state index in [0.29, 0.717) is 65.7 Å². The molecule has 0 aliphatic heterocycles. The Morgan fingerprint density at radius 1 is 0.952 bits per heavy atom. The van der Waals surface area contributed by atoms with Crippen molar-refractivity contribution in [3.63, 3.8) is 0 Å². The maximum atomic E-state index is 10.4. The number of carbonyl (C=O) groups excluding carboxylic acids is 1. The van der Waals surface area contributed by atoms with Crippen LogP contribution in [-0.2, 0) is 28.5 Å². The summed E-state index contributed by atoms with van der Waals surface area (Å²) in [4.78, 5) is 18.8. The van der Waals surface area contributed by atoms with Gasteiger partial charge in [0.2, 0.25) is 5.91 Å². The minimum atomic E-state index is -0.293. The first-order valence-corrected chi connectivity index (χ1v) is 6.86. The van der Waals surface area contributed by atoms with Gasteiger partial charge in [-0.2, -0.15) is 0 Å². The summed E-state index contributed by atoms with van der Waals surface area (Å²) in [6, 6.07) is 0. The SMILES string of the molecule is CCOCCOCCOCCOCCCC(N)=O.O=CO. The molecule has 0 radical (unpaired) electrons. The molecule has 0 saturated heterocycles. The number of primary amides is 1. The fraction of sp³-hybridized carbons (Fsp3) is 0.846. The first kappa shape index (κ1) is 22.1. The van der Waals surface area contributed by atoms with Crippen molar-refractivity contribution in [3.05, 3.63) is 0 Å². The Bertz CT molecular complexity index is 227. The van der Waals surface area contributed by atoms with Crippen LogP contribution in [0.2, 0.25) is 0 Å². The molecule has 1 amide bonds. The minimum absolute atomic E-state index is 0.250. The van der Waals surface area contributed by atoms with Gasteiger partial charge >= 0.3 is 0 Å². The zero-order chi connectivity index (χ0) is 16.2. The molecule has 0 heterocycles. The summed E-state index contributed by atoms with van der Waals surface area (Å²) < 4.78 is 20.9. The van der Waals surface area contributed by atoms with Crippen LogP contribution in [-0.4, -0.2) is 70.3 Å². The van der Waals surface area contributed by atoms with Crippen LogP contribution in [0.4, 0.5) is 0 Å². The molecule has 21 heavy (non-hydrogen) atoms. The number of rotatable bonds is 14.